The second-order valence-electron chi connectivity index (χ2n) is 6.23. The number of aromatic amines is 1. The normalized spacial score (nSPS) is 16.5. The van der Waals surface area contributed by atoms with Crippen molar-refractivity contribution < 1.29 is 9.53 Å². The first-order valence-electron chi connectivity index (χ1n) is 8.52. The average molecular weight is 332 g/mol. The Labute approximate surface area is 146 Å². The zero-order valence-corrected chi connectivity index (χ0v) is 13.9. The van der Waals surface area contributed by atoms with Crippen LogP contribution in [0, 0.1) is 0 Å². The molecule has 1 amide bonds. The van der Waals surface area contributed by atoms with Crippen molar-refractivity contribution >= 4 is 17.0 Å². The Balaban J connectivity index is 1.67. The number of H-pyrrole nitrogens is 1. The Hall–Kier alpha value is -3.01. The highest BCUT2D eigenvalue weighted by Gasteiger charge is 2.33. The van der Waals surface area contributed by atoms with Crippen LogP contribution in [0.4, 0.5) is 4.79 Å². The number of ether oxygens (including phenoxy) is 1. The molecule has 0 aliphatic carbocycles. The van der Waals surface area contributed by atoms with Crippen molar-refractivity contribution in [1.29, 1.82) is 0 Å². The molecule has 0 radical (unpaired) electrons. The molecule has 0 saturated heterocycles. The molecule has 126 valence electrons. The van der Waals surface area contributed by atoms with Gasteiger partial charge in [-0.05, 0) is 36.6 Å². The second kappa shape index (κ2) is 6.48. The van der Waals surface area contributed by atoms with Crippen LogP contribution < -0.4 is 4.74 Å². The monoisotopic (exact) mass is 332 g/mol. The molecular formula is C21H20N2O2. The van der Waals surface area contributed by atoms with Crippen LogP contribution in [-0.4, -0.2) is 22.5 Å². The highest BCUT2D eigenvalue weighted by atomic mass is 16.6. The molecule has 1 aliphatic rings. The molecule has 4 rings (SSSR count). The number of nitrogens with one attached hydrogen (secondary N) is 1. The molecule has 2 aromatic carbocycles. The number of aromatic nitrogens is 1. The van der Waals surface area contributed by atoms with Crippen LogP contribution in [0.1, 0.15) is 23.7 Å². The lowest BCUT2D eigenvalue weighted by molar-refractivity contribution is 0.126. The fourth-order valence-corrected chi connectivity index (χ4v) is 3.59. The number of nitrogens with zero attached hydrogens (tertiary/aromatic N) is 1. The third kappa shape index (κ3) is 2.80. The molecule has 1 atom stereocenters. The number of carbonyl (C=O) groups excluding carboxylic acids is 1. The second-order valence-corrected chi connectivity index (χ2v) is 6.23. The summed E-state index contributed by atoms with van der Waals surface area (Å²) in [6.45, 7) is 4.50. The van der Waals surface area contributed by atoms with E-state index < -0.39 is 0 Å². The summed E-state index contributed by atoms with van der Waals surface area (Å²) in [6, 6.07) is 17.4. The first-order chi connectivity index (χ1) is 12.3. The van der Waals surface area contributed by atoms with Crippen LogP contribution in [0.25, 0.3) is 10.9 Å². The van der Waals surface area contributed by atoms with Crippen LogP contribution in [0.15, 0.2) is 67.3 Å². The lowest BCUT2D eigenvalue weighted by Gasteiger charge is -2.34. The molecule has 0 saturated carbocycles. The minimum absolute atomic E-state index is 0.0788. The summed E-state index contributed by atoms with van der Waals surface area (Å²) < 4.78 is 5.56. The van der Waals surface area contributed by atoms with Gasteiger partial charge in [0, 0.05) is 23.1 Å². The molecule has 1 unspecified atom stereocenters. The topological polar surface area (TPSA) is 45.3 Å². The summed E-state index contributed by atoms with van der Waals surface area (Å²) in [4.78, 5) is 18.0. The van der Waals surface area contributed by atoms with Crippen molar-refractivity contribution in [3.05, 3.63) is 78.5 Å². The van der Waals surface area contributed by atoms with Crippen molar-refractivity contribution in [3.63, 3.8) is 0 Å². The van der Waals surface area contributed by atoms with Gasteiger partial charge in [0.15, 0.2) is 0 Å². The van der Waals surface area contributed by atoms with Gasteiger partial charge in [0.25, 0.3) is 0 Å². The van der Waals surface area contributed by atoms with Gasteiger partial charge in [-0.15, -0.1) is 6.58 Å². The van der Waals surface area contributed by atoms with E-state index in [9.17, 15) is 4.79 Å². The number of para-hydroxylation sites is 2. The molecule has 1 N–H and O–H groups in total. The van der Waals surface area contributed by atoms with Crippen LogP contribution in [0.3, 0.4) is 0 Å². The van der Waals surface area contributed by atoms with Gasteiger partial charge >= 0.3 is 6.09 Å². The van der Waals surface area contributed by atoms with Gasteiger partial charge in [-0.1, -0.05) is 42.5 Å². The first kappa shape index (κ1) is 15.5. The van der Waals surface area contributed by atoms with E-state index in [-0.39, 0.29) is 12.1 Å². The summed E-state index contributed by atoms with van der Waals surface area (Å²) in [7, 11) is 0. The van der Waals surface area contributed by atoms with Crippen LogP contribution in [0.2, 0.25) is 0 Å². The summed E-state index contributed by atoms with van der Waals surface area (Å²) >= 11 is 0. The smallest absolute Gasteiger partial charge is 0.410 e. The number of hydrogen-bond acceptors (Lipinski definition) is 2. The minimum Gasteiger partial charge on any atom is -0.410 e. The maximum atomic E-state index is 12.7. The van der Waals surface area contributed by atoms with Gasteiger partial charge in [-0.3, -0.25) is 4.90 Å². The number of benzene rings is 2. The fourth-order valence-electron chi connectivity index (χ4n) is 3.59. The van der Waals surface area contributed by atoms with Gasteiger partial charge in [0.05, 0.1) is 6.04 Å². The standard InChI is InChI=1S/C21H20N2O2/c1-2-8-19-20-17(16-11-6-7-12-18(16)22-20)13-14-23(19)21(24)25-15-9-4-3-5-10-15/h2-7,9-12,19,22H,1,8,13-14H2. The van der Waals surface area contributed by atoms with E-state index in [0.717, 1.165) is 17.6 Å². The molecule has 0 spiro atoms. The Morgan fingerprint density at radius 3 is 2.76 bits per heavy atom. The summed E-state index contributed by atoms with van der Waals surface area (Å²) in [5, 5.41) is 1.24. The lowest BCUT2D eigenvalue weighted by atomic mass is 9.96. The van der Waals surface area contributed by atoms with Crippen molar-refractivity contribution in [2.45, 2.75) is 18.9 Å². The third-order valence-electron chi connectivity index (χ3n) is 4.73. The Morgan fingerprint density at radius 2 is 1.96 bits per heavy atom. The molecule has 4 heteroatoms. The maximum absolute atomic E-state index is 12.7. The van der Waals surface area contributed by atoms with E-state index in [1.807, 2.05) is 30.3 Å². The predicted molar refractivity (Wildman–Crippen MR) is 98.7 cm³/mol. The van der Waals surface area contributed by atoms with E-state index in [0.29, 0.717) is 18.7 Å². The molecule has 1 aliphatic heterocycles. The molecule has 3 aromatic rings. The number of rotatable bonds is 3. The molecule has 25 heavy (non-hydrogen) atoms. The Bertz CT molecular complexity index is 914. The van der Waals surface area contributed by atoms with E-state index in [1.54, 1.807) is 17.0 Å². The third-order valence-corrected chi connectivity index (χ3v) is 4.73. The van der Waals surface area contributed by atoms with Crippen LogP contribution >= 0.6 is 0 Å². The van der Waals surface area contributed by atoms with Crippen molar-refractivity contribution in [3.8, 4) is 5.75 Å². The van der Waals surface area contributed by atoms with E-state index in [2.05, 4.69) is 29.8 Å². The van der Waals surface area contributed by atoms with Crippen molar-refractivity contribution in [2.24, 2.45) is 0 Å². The summed E-state index contributed by atoms with van der Waals surface area (Å²) in [6.07, 6.45) is 3.04. The lowest BCUT2D eigenvalue weighted by Crippen LogP contribution is -2.41. The minimum atomic E-state index is -0.317. The molecule has 0 fully saturated rings. The number of hydrogen-bond donors (Lipinski definition) is 1. The number of carbonyl (C=O) groups is 1. The van der Waals surface area contributed by atoms with E-state index in [1.165, 1.54) is 10.9 Å². The summed E-state index contributed by atoms with van der Waals surface area (Å²) in [5.41, 5.74) is 3.50. The van der Waals surface area contributed by atoms with Gasteiger partial charge < -0.3 is 9.72 Å². The SMILES string of the molecule is C=CCC1c2[nH]c3ccccc3c2CCN1C(=O)Oc1ccccc1. The molecule has 0 bridgehead atoms. The average Bonchev–Trinajstić information content (AvgIpc) is 3.02. The van der Waals surface area contributed by atoms with Crippen molar-refractivity contribution in [1.82, 2.24) is 9.88 Å². The van der Waals surface area contributed by atoms with E-state index >= 15 is 0 Å². The van der Waals surface area contributed by atoms with Crippen molar-refractivity contribution in [2.75, 3.05) is 6.54 Å². The fraction of sp³-hybridized carbons (Fsp3) is 0.190. The highest BCUT2D eigenvalue weighted by molar-refractivity contribution is 5.85. The molecular weight excluding hydrogens is 312 g/mol. The predicted octanol–water partition coefficient (Wildman–Crippen LogP) is 4.84. The van der Waals surface area contributed by atoms with Gasteiger partial charge in [0.2, 0.25) is 0 Å². The zero-order valence-electron chi connectivity index (χ0n) is 13.9. The zero-order chi connectivity index (χ0) is 17.2. The van der Waals surface area contributed by atoms with Gasteiger partial charge in [0.1, 0.15) is 5.75 Å². The molecule has 2 heterocycles. The van der Waals surface area contributed by atoms with E-state index in [4.69, 9.17) is 4.74 Å². The number of amides is 1. The Morgan fingerprint density at radius 1 is 1.20 bits per heavy atom. The summed E-state index contributed by atoms with van der Waals surface area (Å²) in [5.74, 6) is 0.562. The first-order valence-corrected chi connectivity index (χ1v) is 8.52. The largest absolute Gasteiger partial charge is 0.415 e. The van der Waals surface area contributed by atoms with Gasteiger partial charge in [-0.25, -0.2) is 4.79 Å². The van der Waals surface area contributed by atoms with Crippen LogP contribution in [0.5, 0.6) is 5.75 Å². The highest BCUT2D eigenvalue weighted by Crippen LogP contribution is 2.36. The molecule has 4 nitrogen and oxygen atoms in total. The maximum Gasteiger partial charge on any atom is 0.415 e. The van der Waals surface area contributed by atoms with Crippen LogP contribution in [-0.2, 0) is 6.42 Å². The number of fused-ring (bicyclic) bond motifs is 3. The van der Waals surface area contributed by atoms with Gasteiger partial charge in [-0.2, -0.15) is 0 Å². The quantitative estimate of drug-likeness (QED) is 0.697. The molecule has 1 aromatic heterocycles. The Kier molecular flexibility index (Phi) is 4.02.